The molecule has 2 aromatic heterocycles. The number of aryl methyl sites for hydroxylation is 1. The van der Waals surface area contributed by atoms with Crippen LogP contribution in [0.15, 0.2) is 23.6 Å². The zero-order valence-corrected chi connectivity index (χ0v) is 14.8. The van der Waals surface area contributed by atoms with Crippen LogP contribution in [-0.4, -0.2) is 28.2 Å². The van der Waals surface area contributed by atoms with E-state index in [1.165, 1.54) is 23.6 Å². The molecule has 0 radical (unpaired) electrons. The molecule has 2 heterocycles. The Bertz CT molecular complexity index is 816. The Morgan fingerprint density at radius 2 is 2.28 bits per heavy atom. The molecule has 10 heteroatoms. The molecular formula is C15H17FN6O2S. The smallest absolute Gasteiger partial charge is 0.412 e. The van der Waals surface area contributed by atoms with Gasteiger partial charge in [-0.2, -0.15) is 0 Å². The summed E-state index contributed by atoms with van der Waals surface area (Å²) in [6.45, 7) is 5.18. The summed E-state index contributed by atoms with van der Waals surface area (Å²) in [4.78, 5) is 23.0. The largest absolute Gasteiger partial charge is 0.443 e. The van der Waals surface area contributed by atoms with E-state index in [1.54, 1.807) is 13.8 Å². The number of rotatable bonds is 6. The van der Waals surface area contributed by atoms with Gasteiger partial charge < -0.3 is 4.74 Å². The lowest BCUT2D eigenvalue weighted by molar-refractivity contribution is 0.0558. The van der Waals surface area contributed by atoms with Gasteiger partial charge in [0.05, 0.1) is 18.4 Å². The van der Waals surface area contributed by atoms with E-state index in [-0.39, 0.29) is 6.54 Å². The predicted octanol–water partition coefficient (Wildman–Crippen LogP) is 4.54. The van der Waals surface area contributed by atoms with Gasteiger partial charge in [-0.05, 0) is 31.9 Å². The molecule has 0 spiro atoms. The first-order valence-corrected chi connectivity index (χ1v) is 8.27. The van der Waals surface area contributed by atoms with E-state index < -0.39 is 17.5 Å². The van der Waals surface area contributed by atoms with Crippen molar-refractivity contribution in [1.29, 1.82) is 0 Å². The first-order chi connectivity index (χ1) is 11.8. The fourth-order valence-electron chi connectivity index (χ4n) is 1.94. The van der Waals surface area contributed by atoms with Crippen LogP contribution < -0.4 is 5.32 Å². The SMILES string of the molecule is CCc1nc(-c2cncc(F)c2)sc1NC(=O)OC(C)(C)CN=[N+]=[N-]. The minimum absolute atomic E-state index is 0.0143. The topological polar surface area (TPSA) is 113 Å². The highest BCUT2D eigenvalue weighted by Gasteiger charge is 2.23. The summed E-state index contributed by atoms with van der Waals surface area (Å²) in [7, 11) is 0. The molecule has 0 aliphatic heterocycles. The molecule has 1 amide bonds. The summed E-state index contributed by atoms with van der Waals surface area (Å²) >= 11 is 1.21. The molecule has 0 aromatic carbocycles. The number of nitrogens with zero attached hydrogens (tertiary/aromatic N) is 5. The molecule has 8 nitrogen and oxygen atoms in total. The van der Waals surface area contributed by atoms with Crippen LogP contribution in [0.1, 0.15) is 26.5 Å². The van der Waals surface area contributed by atoms with Crippen molar-refractivity contribution in [3.8, 4) is 10.6 Å². The molecular weight excluding hydrogens is 347 g/mol. The molecule has 0 aliphatic rings. The van der Waals surface area contributed by atoms with E-state index in [9.17, 15) is 9.18 Å². The molecule has 0 unspecified atom stereocenters. The van der Waals surface area contributed by atoms with E-state index in [2.05, 4.69) is 25.3 Å². The fraction of sp³-hybridized carbons (Fsp3) is 0.400. The Morgan fingerprint density at radius 3 is 2.92 bits per heavy atom. The Hall–Kier alpha value is -2.71. The average Bonchev–Trinajstić information content (AvgIpc) is 2.95. The van der Waals surface area contributed by atoms with E-state index in [0.29, 0.717) is 27.7 Å². The van der Waals surface area contributed by atoms with Gasteiger partial charge in [0.1, 0.15) is 21.4 Å². The zero-order chi connectivity index (χ0) is 18.4. The lowest BCUT2D eigenvalue weighted by Crippen LogP contribution is -2.33. The van der Waals surface area contributed by atoms with Gasteiger partial charge in [-0.1, -0.05) is 23.4 Å². The molecule has 132 valence electrons. The monoisotopic (exact) mass is 364 g/mol. The second-order valence-corrected chi connectivity index (χ2v) is 6.70. The number of hydrogen-bond donors (Lipinski definition) is 1. The number of aromatic nitrogens is 2. The number of pyridine rings is 1. The molecule has 0 aliphatic carbocycles. The van der Waals surface area contributed by atoms with Gasteiger partial charge in [-0.15, -0.1) is 0 Å². The first-order valence-electron chi connectivity index (χ1n) is 7.46. The first kappa shape index (κ1) is 18.6. The summed E-state index contributed by atoms with van der Waals surface area (Å²) in [5, 5.41) is 7.13. The molecule has 25 heavy (non-hydrogen) atoms. The fourth-order valence-corrected chi connectivity index (χ4v) is 2.97. The molecule has 1 N–H and O–H groups in total. The zero-order valence-electron chi connectivity index (χ0n) is 14.0. The maximum absolute atomic E-state index is 13.3. The molecule has 0 saturated heterocycles. The van der Waals surface area contributed by atoms with Crippen LogP contribution in [0, 0.1) is 5.82 Å². The minimum atomic E-state index is -0.942. The lowest BCUT2D eigenvalue weighted by Gasteiger charge is -2.22. The average molecular weight is 364 g/mol. The van der Waals surface area contributed by atoms with Crippen molar-refractivity contribution in [2.24, 2.45) is 5.11 Å². The van der Waals surface area contributed by atoms with Crippen molar-refractivity contribution in [2.75, 3.05) is 11.9 Å². The number of thiazole rings is 1. The highest BCUT2D eigenvalue weighted by molar-refractivity contribution is 7.19. The third kappa shape index (κ3) is 5.13. The van der Waals surface area contributed by atoms with Crippen LogP contribution in [0.3, 0.4) is 0 Å². The molecule has 0 atom stereocenters. The predicted molar refractivity (Wildman–Crippen MR) is 92.9 cm³/mol. The standard InChI is InChI=1S/C15H17FN6O2S/c1-4-11-13(21-14(23)24-15(2,3)8-19-22-17)25-12(20-11)9-5-10(16)7-18-6-9/h5-7H,4,8H2,1-3H3,(H,21,23). The van der Waals surface area contributed by atoms with Crippen LogP contribution in [0.2, 0.25) is 0 Å². The van der Waals surface area contributed by atoms with Crippen LogP contribution in [-0.2, 0) is 11.2 Å². The Kier molecular flexibility index (Phi) is 5.89. The molecule has 0 saturated carbocycles. The molecule has 2 aromatic rings. The van der Waals surface area contributed by atoms with E-state index in [0.717, 1.165) is 6.20 Å². The van der Waals surface area contributed by atoms with Gasteiger partial charge in [0.2, 0.25) is 0 Å². The summed E-state index contributed by atoms with van der Waals surface area (Å²) in [5.41, 5.74) is 8.61. The molecule has 0 fully saturated rings. The van der Waals surface area contributed by atoms with Crippen molar-refractivity contribution < 1.29 is 13.9 Å². The van der Waals surface area contributed by atoms with Gasteiger partial charge in [0.25, 0.3) is 0 Å². The summed E-state index contributed by atoms with van der Waals surface area (Å²) < 4.78 is 18.6. The summed E-state index contributed by atoms with van der Waals surface area (Å²) in [6, 6.07) is 1.33. The third-order valence-electron chi connectivity index (χ3n) is 3.08. The molecule has 2 rings (SSSR count). The second kappa shape index (κ2) is 7.91. The Balaban J connectivity index is 2.16. The number of carbonyl (C=O) groups is 1. The minimum Gasteiger partial charge on any atom is -0.443 e. The number of nitrogens with one attached hydrogen (secondary N) is 1. The third-order valence-corrected chi connectivity index (χ3v) is 4.15. The Labute approximate surface area is 147 Å². The van der Waals surface area contributed by atoms with Gasteiger partial charge in [-0.3, -0.25) is 10.3 Å². The van der Waals surface area contributed by atoms with Crippen LogP contribution >= 0.6 is 11.3 Å². The summed E-state index contributed by atoms with van der Waals surface area (Å²) in [6.07, 6.45) is 2.52. The van der Waals surface area contributed by atoms with Crippen molar-refractivity contribution in [3.05, 3.63) is 40.4 Å². The van der Waals surface area contributed by atoms with E-state index >= 15 is 0 Å². The number of azide groups is 1. The molecule has 0 bridgehead atoms. The maximum atomic E-state index is 13.3. The number of halogens is 1. The van der Waals surface area contributed by atoms with Gasteiger partial charge in [-0.25, -0.2) is 14.2 Å². The van der Waals surface area contributed by atoms with E-state index in [4.69, 9.17) is 10.3 Å². The van der Waals surface area contributed by atoms with E-state index in [1.807, 2.05) is 6.92 Å². The van der Waals surface area contributed by atoms with Crippen LogP contribution in [0.5, 0.6) is 0 Å². The second-order valence-electron chi connectivity index (χ2n) is 5.70. The quantitative estimate of drug-likeness (QED) is 0.460. The highest BCUT2D eigenvalue weighted by atomic mass is 32.1. The summed E-state index contributed by atoms with van der Waals surface area (Å²) in [5.74, 6) is -0.459. The number of amides is 1. The van der Waals surface area contributed by atoms with Crippen molar-refractivity contribution in [2.45, 2.75) is 32.8 Å². The number of carbonyl (C=O) groups excluding carboxylic acids is 1. The van der Waals surface area contributed by atoms with Crippen molar-refractivity contribution >= 4 is 22.4 Å². The highest BCUT2D eigenvalue weighted by Crippen LogP contribution is 2.32. The number of hydrogen-bond acceptors (Lipinski definition) is 6. The van der Waals surface area contributed by atoms with Gasteiger partial charge in [0, 0.05) is 16.7 Å². The normalized spacial score (nSPS) is 10.9. The van der Waals surface area contributed by atoms with Crippen molar-refractivity contribution in [3.63, 3.8) is 0 Å². The number of ether oxygens (including phenoxy) is 1. The Morgan fingerprint density at radius 1 is 1.52 bits per heavy atom. The maximum Gasteiger partial charge on any atom is 0.412 e. The van der Waals surface area contributed by atoms with Crippen LogP contribution in [0.25, 0.3) is 21.0 Å². The van der Waals surface area contributed by atoms with Crippen molar-refractivity contribution in [1.82, 2.24) is 9.97 Å². The van der Waals surface area contributed by atoms with Crippen LogP contribution in [0.4, 0.5) is 14.2 Å². The number of anilines is 1. The van der Waals surface area contributed by atoms with Gasteiger partial charge in [0.15, 0.2) is 0 Å². The van der Waals surface area contributed by atoms with Gasteiger partial charge >= 0.3 is 6.09 Å². The lowest BCUT2D eigenvalue weighted by atomic mass is 10.1.